The maximum absolute atomic E-state index is 12.2. The van der Waals surface area contributed by atoms with Crippen LogP contribution >= 0.6 is 0 Å². The Hall–Kier alpha value is -1.85. The van der Waals surface area contributed by atoms with Gasteiger partial charge in [-0.15, -0.1) is 0 Å². The van der Waals surface area contributed by atoms with E-state index in [0.29, 0.717) is 12.5 Å². The molecule has 6 nitrogen and oxygen atoms in total. The molecule has 21 heavy (non-hydrogen) atoms. The van der Waals surface area contributed by atoms with Crippen molar-refractivity contribution in [3.05, 3.63) is 18.0 Å². The first-order chi connectivity index (χ1) is 10.0. The van der Waals surface area contributed by atoms with Gasteiger partial charge in [-0.25, -0.2) is 4.79 Å². The number of carbonyl (C=O) groups excluding carboxylic acids is 1. The van der Waals surface area contributed by atoms with E-state index in [0.717, 1.165) is 12.8 Å². The van der Waals surface area contributed by atoms with E-state index in [-0.39, 0.29) is 11.6 Å². The number of amides is 1. The Balaban J connectivity index is 2.03. The number of carbonyl (C=O) groups is 2. The van der Waals surface area contributed by atoms with Crippen molar-refractivity contribution >= 4 is 11.9 Å². The van der Waals surface area contributed by atoms with Gasteiger partial charge in [-0.05, 0) is 24.8 Å². The molecule has 1 aromatic rings. The largest absolute Gasteiger partial charge is 0.480 e. The number of rotatable bonds is 6. The van der Waals surface area contributed by atoms with E-state index >= 15 is 0 Å². The van der Waals surface area contributed by atoms with Gasteiger partial charge in [-0.1, -0.05) is 33.1 Å². The highest BCUT2D eigenvalue weighted by atomic mass is 16.4. The molecule has 1 aromatic heterocycles. The monoisotopic (exact) mass is 293 g/mol. The molecule has 6 heteroatoms. The fraction of sp³-hybridized carbons (Fsp3) is 0.667. The summed E-state index contributed by atoms with van der Waals surface area (Å²) >= 11 is 0. The second-order valence-corrected chi connectivity index (χ2v) is 5.79. The molecular weight excluding hydrogens is 270 g/mol. The van der Waals surface area contributed by atoms with E-state index in [1.165, 1.54) is 12.8 Å². The van der Waals surface area contributed by atoms with Crippen LogP contribution in [-0.4, -0.2) is 32.8 Å². The van der Waals surface area contributed by atoms with Crippen molar-refractivity contribution in [2.75, 3.05) is 0 Å². The van der Waals surface area contributed by atoms with Gasteiger partial charge in [-0.3, -0.25) is 9.48 Å². The summed E-state index contributed by atoms with van der Waals surface area (Å²) in [6.45, 7) is 3.72. The maximum Gasteiger partial charge on any atom is 0.326 e. The molecule has 1 fully saturated rings. The normalized spacial score (nSPS) is 18.4. The summed E-state index contributed by atoms with van der Waals surface area (Å²) in [6, 6.07) is 1.15. The molecular formula is C15H23N3O3. The van der Waals surface area contributed by atoms with Gasteiger partial charge in [0.15, 0.2) is 0 Å². The van der Waals surface area contributed by atoms with E-state index < -0.39 is 17.9 Å². The lowest BCUT2D eigenvalue weighted by atomic mass is 9.99. The highest BCUT2D eigenvalue weighted by Gasteiger charge is 2.27. The SMILES string of the molecule is CC[C@H](C)[C@H](NC(=O)c1ccn(C2CCCC2)n1)C(=O)O. The topological polar surface area (TPSA) is 84.2 Å². The third-order valence-corrected chi connectivity index (χ3v) is 4.31. The van der Waals surface area contributed by atoms with Gasteiger partial charge >= 0.3 is 5.97 Å². The number of hydrogen-bond donors (Lipinski definition) is 2. The molecule has 2 N–H and O–H groups in total. The number of carboxylic acids is 1. The van der Waals surface area contributed by atoms with E-state index in [1.54, 1.807) is 6.07 Å². The van der Waals surface area contributed by atoms with Crippen LogP contribution in [0.3, 0.4) is 0 Å². The highest BCUT2D eigenvalue weighted by molar-refractivity contribution is 5.94. The second kappa shape index (κ2) is 6.74. The van der Waals surface area contributed by atoms with Crippen LogP contribution in [0.25, 0.3) is 0 Å². The molecule has 2 rings (SSSR count). The van der Waals surface area contributed by atoms with E-state index in [2.05, 4.69) is 10.4 Å². The van der Waals surface area contributed by atoms with E-state index in [4.69, 9.17) is 0 Å². The van der Waals surface area contributed by atoms with Gasteiger partial charge in [0, 0.05) is 6.20 Å². The Labute approximate surface area is 124 Å². The van der Waals surface area contributed by atoms with Crippen LogP contribution in [0, 0.1) is 5.92 Å². The van der Waals surface area contributed by atoms with Crippen LogP contribution in [0.4, 0.5) is 0 Å². The van der Waals surface area contributed by atoms with Gasteiger partial charge in [0.1, 0.15) is 11.7 Å². The van der Waals surface area contributed by atoms with Crippen LogP contribution in [0.1, 0.15) is 62.5 Å². The second-order valence-electron chi connectivity index (χ2n) is 5.79. The number of nitrogens with one attached hydrogen (secondary N) is 1. The van der Waals surface area contributed by atoms with Gasteiger partial charge in [0.2, 0.25) is 0 Å². The zero-order valence-corrected chi connectivity index (χ0v) is 12.6. The van der Waals surface area contributed by atoms with Crippen molar-refractivity contribution in [3.8, 4) is 0 Å². The van der Waals surface area contributed by atoms with Crippen molar-refractivity contribution in [2.24, 2.45) is 5.92 Å². The van der Waals surface area contributed by atoms with Crippen LogP contribution in [0.15, 0.2) is 12.3 Å². The lowest BCUT2D eigenvalue weighted by Crippen LogP contribution is -2.45. The van der Waals surface area contributed by atoms with Gasteiger partial charge in [-0.2, -0.15) is 5.10 Å². The Morgan fingerprint density at radius 3 is 2.71 bits per heavy atom. The number of nitrogens with zero attached hydrogens (tertiary/aromatic N) is 2. The minimum absolute atomic E-state index is 0.122. The van der Waals surface area contributed by atoms with Crippen molar-refractivity contribution in [2.45, 2.75) is 58.0 Å². The average molecular weight is 293 g/mol. The Morgan fingerprint density at radius 1 is 1.48 bits per heavy atom. The standard InChI is InChI=1S/C15H23N3O3/c1-3-10(2)13(15(20)21)16-14(19)12-8-9-18(17-12)11-6-4-5-7-11/h8-11,13H,3-7H2,1-2H3,(H,16,19)(H,20,21)/t10-,13-/m0/s1. The zero-order valence-electron chi connectivity index (χ0n) is 12.6. The predicted octanol–water partition coefficient (Wildman–Crippen LogP) is 2.23. The maximum atomic E-state index is 12.2. The molecule has 0 aliphatic heterocycles. The van der Waals surface area contributed by atoms with Crippen LogP contribution in [0.5, 0.6) is 0 Å². The fourth-order valence-corrected chi connectivity index (χ4v) is 2.73. The third-order valence-electron chi connectivity index (χ3n) is 4.31. The van der Waals surface area contributed by atoms with Crippen LogP contribution < -0.4 is 5.32 Å². The van der Waals surface area contributed by atoms with Gasteiger partial charge in [0.05, 0.1) is 6.04 Å². The summed E-state index contributed by atoms with van der Waals surface area (Å²) in [6.07, 6.45) is 7.07. The third kappa shape index (κ3) is 3.62. The number of hydrogen-bond acceptors (Lipinski definition) is 3. The molecule has 0 aromatic carbocycles. The predicted molar refractivity (Wildman–Crippen MR) is 78.1 cm³/mol. The Morgan fingerprint density at radius 2 is 2.14 bits per heavy atom. The lowest BCUT2D eigenvalue weighted by Gasteiger charge is -2.19. The molecule has 2 atom stereocenters. The lowest BCUT2D eigenvalue weighted by molar-refractivity contribution is -0.140. The fourth-order valence-electron chi connectivity index (χ4n) is 2.73. The molecule has 1 aliphatic carbocycles. The first-order valence-corrected chi connectivity index (χ1v) is 7.61. The minimum atomic E-state index is -1.01. The summed E-state index contributed by atoms with van der Waals surface area (Å²) in [5.41, 5.74) is 0.288. The summed E-state index contributed by atoms with van der Waals surface area (Å²) in [5.74, 6) is -1.55. The van der Waals surface area contributed by atoms with Crippen molar-refractivity contribution in [1.29, 1.82) is 0 Å². The van der Waals surface area contributed by atoms with Crippen molar-refractivity contribution < 1.29 is 14.7 Å². The van der Waals surface area contributed by atoms with Crippen LogP contribution in [0.2, 0.25) is 0 Å². The molecule has 0 radical (unpaired) electrons. The smallest absolute Gasteiger partial charge is 0.326 e. The molecule has 0 saturated heterocycles. The first-order valence-electron chi connectivity index (χ1n) is 7.61. The van der Waals surface area contributed by atoms with Crippen molar-refractivity contribution in [1.82, 2.24) is 15.1 Å². The first kappa shape index (κ1) is 15.5. The molecule has 0 spiro atoms. The number of aliphatic carboxylic acids is 1. The molecule has 1 heterocycles. The quantitative estimate of drug-likeness (QED) is 0.842. The number of aromatic nitrogens is 2. The molecule has 1 amide bonds. The Bertz CT molecular complexity index is 506. The summed E-state index contributed by atoms with van der Waals surface area (Å²) in [4.78, 5) is 23.4. The summed E-state index contributed by atoms with van der Waals surface area (Å²) in [5, 5.41) is 16.1. The van der Waals surface area contributed by atoms with Crippen molar-refractivity contribution in [3.63, 3.8) is 0 Å². The average Bonchev–Trinajstić information content (AvgIpc) is 3.12. The van der Waals surface area contributed by atoms with E-state index in [9.17, 15) is 14.7 Å². The highest BCUT2D eigenvalue weighted by Crippen LogP contribution is 2.28. The summed E-state index contributed by atoms with van der Waals surface area (Å²) < 4.78 is 1.83. The van der Waals surface area contributed by atoms with Crippen LogP contribution in [-0.2, 0) is 4.79 Å². The van der Waals surface area contributed by atoms with Gasteiger partial charge < -0.3 is 10.4 Å². The molecule has 1 saturated carbocycles. The van der Waals surface area contributed by atoms with E-state index in [1.807, 2.05) is 24.7 Å². The molecule has 0 bridgehead atoms. The Kier molecular flexibility index (Phi) is 4.98. The zero-order chi connectivity index (χ0) is 15.4. The summed E-state index contributed by atoms with van der Waals surface area (Å²) in [7, 11) is 0. The minimum Gasteiger partial charge on any atom is -0.480 e. The molecule has 116 valence electrons. The molecule has 0 unspecified atom stereocenters. The van der Waals surface area contributed by atoms with Gasteiger partial charge in [0.25, 0.3) is 5.91 Å². The molecule has 1 aliphatic rings. The number of carboxylic acid groups (broad SMARTS) is 1.